The van der Waals surface area contributed by atoms with Gasteiger partial charge >= 0.3 is 0 Å². The van der Waals surface area contributed by atoms with Crippen molar-refractivity contribution in [3.63, 3.8) is 0 Å². The highest BCUT2D eigenvalue weighted by atomic mass is 16.3. The molecule has 32 heavy (non-hydrogen) atoms. The molecule has 1 fully saturated rings. The fourth-order valence-electron chi connectivity index (χ4n) is 5.04. The van der Waals surface area contributed by atoms with E-state index < -0.39 is 11.7 Å². The number of aliphatic hydroxyl groups is 2. The number of carbonyl (C=O) groups excluding carboxylic acids is 1. The Morgan fingerprint density at radius 3 is 2.53 bits per heavy atom. The molecule has 0 aromatic heterocycles. The predicted octanol–water partition coefficient (Wildman–Crippen LogP) is 3.95. The van der Waals surface area contributed by atoms with Gasteiger partial charge in [-0.2, -0.15) is 0 Å². The second-order valence-corrected chi connectivity index (χ2v) is 9.85. The van der Waals surface area contributed by atoms with Crippen molar-refractivity contribution in [2.24, 2.45) is 5.92 Å². The maximum absolute atomic E-state index is 12.6. The average Bonchev–Trinajstić information content (AvgIpc) is 2.79. The number of benzene rings is 2. The van der Waals surface area contributed by atoms with Crippen LogP contribution < -0.4 is 4.90 Å². The highest BCUT2D eigenvalue weighted by Gasteiger charge is 2.34. The molecule has 2 aliphatic heterocycles. The van der Waals surface area contributed by atoms with Gasteiger partial charge in [-0.15, -0.1) is 0 Å². The molecule has 172 valence electrons. The topological polar surface area (TPSA) is 64.0 Å². The molecule has 0 unspecified atom stereocenters. The van der Waals surface area contributed by atoms with Crippen molar-refractivity contribution >= 4 is 11.6 Å². The SMILES string of the molecule is Cc1cccc(C2(O)CCN(C[C@@H](O)c3ccc4c(c3)CCCN4C(=O)C(C)C)CC2)c1. The number of hydrogen-bond donors (Lipinski definition) is 2. The summed E-state index contributed by atoms with van der Waals surface area (Å²) in [5.41, 5.74) is 4.41. The van der Waals surface area contributed by atoms with Gasteiger partial charge in [0.05, 0.1) is 11.7 Å². The third-order valence-corrected chi connectivity index (χ3v) is 7.04. The summed E-state index contributed by atoms with van der Waals surface area (Å²) in [7, 11) is 0. The van der Waals surface area contributed by atoms with Gasteiger partial charge in [0.1, 0.15) is 0 Å². The van der Waals surface area contributed by atoms with Gasteiger partial charge in [0.25, 0.3) is 0 Å². The molecule has 1 amide bonds. The molecule has 2 aliphatic rings. The molecule has 0 saturated carbocycles. The molecule has 0 aliphatic carbocycles. The number of piperidine rings is 1. The molecule has 2 N–H and O–H groups in total. The molecule has 5 nitrogen and oxygen atoms in total. The number of aryl methyl sites for hydroxylation is 2. The Hall–Kier alpha value is -2.21. The van der Waals surface area contributed by atoms with E-state index in [4.69, 9.17) is 0 Å². The molecule has 4 rings (SSSR count). The first kappa shape index (κ1) is 23.0. The van der Waals surface area contributed by atoms with Crippen LogP contribution in [0.2, 0.25) is 0 Å². The number of rotatable bonds is 5. The number of hydrogen-bond acceptors (Lipinski definition) is 4. The smallest absolute Gasteiger partial charge is 0.229 e. The first-order valence-electron chi connectivity index (χ1n) is 11.9. The number of nitrogens with zero attached hydrogens (tertiary/aromatic N) is 2. The van der Waals surface area contributed by atoms with Gasteiger partial charge in [-0.25, -0.2) is 0 Å². The summed E-state index contributed by atoms with van der Waals surface area (Å²) in [5.74, 6) is 0.137. The van der Waals surface area contributed by atoms with E-state index in [9.17, 15) is 15.0 Å². The van der Waals surface area contributed by atoms with Gasteiger partial charge < -0.3 is 20.0 Å². The Morgan fingerprint density at radius 2 is 1.84 bits per heavy atom. The van der Waals surface area contributed by atoms with E-state index in [1.165, 1.54) is 0 Å². The molecular weight excluding hydrogens is 400 g/mol. The summed E-state index contributed by atoms with van der Waals surface area (Å²) in [4.78, 5) is 16.7. The number of likely N-dealkylation sites (tertiary alicyclic amines) is 1. The molecule has 1 saturated heterocycles. The number of anilines is 1. The van der Waals surface area contributed by atoms with Crippen molar-refractivity contribution in [2.45, 2.75) is 58.2 Å². The Bertz CT molecular complexity index is 963. The van der Waals surface area contributed by atoms with Gasteiger partial charge in [-0.3, -0.25) is 4.79 Å². The van der Waals surface area contributed by atoms with E-state index in [2.05, 4.69) is 30.0 Å². The minimum Gasteiger partial charge on any atom is -0.387 e. The van der Waals surface area contributed by atoms with Crippen LogP contribution in [-0.2, 0) is 16.8 Å². The summed E-state index contributed by atoms with van der Waals surface area (Å²) in [5, 5.41) is 22.1. The molecule has 0 spiro atoms. The summed E-state index contributed by atoms with van der Waals surface area (Å²) in [6, 6.07) is 14.2. The van der Waals surface area contributed by atoms with E-state index in [0.717, 1.165) is 60.4 Å². The largest absolute Gasteiger partial charge is 0.387 e. The molecule has 0 bridgehead atoms. The minimum atomic E-state index is -0.786. The number of β-amino-alcohol motifs (C(OH)–C–C–N with tert-alkyl or cyclic N) is 1. The zero-order valence-electron chi connectivity index (χ0n) is 19.6. The number of carbonyl (C=O) groups is 1. The second-order valence-electron chi connectivity index (χ2n) is 9.85. The number of amides is 1. The Labute approximate surface area is 191 Å². The van der Waals surface area contributed by atoms with Crippen LogP contribution in [0.15, 0.2) is 42.5 Å². The lowest BCUT2D eigenvalue weighted by atomic mass is 9.83. The number of aliphatic hydroxyl groups excluding tert-OH is 1. The molecule has 2 aromatic rings. The summed E-state index contributed by atoms with van der Waals surface area (Å²) < 4.78 is 0. The van der Waals surface area contributed by atoms with Gasteiger partial charge in [-0.05, 0) is 55.4 Å². The lowest BCUT2D eigenvalue weighted by molar-refractivity contribution is -0.121. The van der Waals surface area contributed by atoms with Crippen molar-refractivity contribution in [3.8, 4) is 0 Å². The van der Waals surface area contributed by atoms with E-state index >= 15 is 0 Å². The lowest BCUT2D eigenvalue weighted by Crippen LogP contribution is -2.44. The van der Waals surface area contributed by atoms with Crippen molar-refractivity contribution in [1.29, 1.82) is 0 Å². The fraction of sp³-hybridized carbons (Fsp3) is 0.519. The average molecular weight is 437 g/mol. The van der Waals surface area contributed by atoms with Gasteiger partial charge in [0.2, 0.25) is 5.91 Å². The second kappa shape index (κ2) is 9.34. The summed E-state index contributed by atoms with van der Waals surface area (Å²) in [6.07, 6.45) is 2.64. The van der Waals surface area contributed by atoms with Crippen LogP contribution in [0, 0.1) is 12.8 Å². The van der Waals surface area contributed by atoms with E-state index in [1.807, 2.05) is 43.0 Å². The Morgan fingerprint density at radius 1 is 1.09 bits per heavy atom. The standard InChI is InChI=1S/C27H36N2O3/c1-19(2)26(31)29-13-5-7-21-17-22(9-10-24(21)29)25(30)18-28-14-11-27(32,12-15-28)23-8-4-6-20(3)16-23/h4,6,8-10,16-17,19,25,30,32H,5,7,11-15,18H2,1-3H3/t25-/m1/s1. The fourth-order valence-corrected chi connectivity index (χ4v) is 5.04. The van der Waals surface area contributed by atoms with Gasteiger partial charge in [-0.1, -0.05) is 55.8 Å². The van der Waals surface area contributed by atoms with Crippen LogP contribution >= 0.6 is 0 Å². The summed E-state index contributed by atoms with van der Waals surface area (Å²) in [6.45, 7) is 8.75. The van der Waals surface area contributed by atoms with Crippen molar-refractivity contribution < 1.29 is 15.0 Å². The van der Waals surface area contributed by atoms with Crippen molar-refractivity contribution in [2.75, 3.05) is 31.1 Å². The first-order chi connectivity index (χ1) is 15.3. The minimum absolute atomic E-state index is 0.0243. The summed E-state index contributed by atoms with van der Waals surface area (Å²) >= 11 is 0. The van der Waals surface area contributed by atoms with Gasteiger partial charge in [0.15, 0.2) is 0 Å². The Kier molecular flexibility index (Phi) is 6.70. The Balaban J connectivity index is 1.40. The molecule has 1 atom stereocenters. The van der Waals surface area contributed by atoms with Crippen LogP contribution in [-0.4, -0.2) is 47.2 Å². The third kappa shape index (κ3) is 4.75. The van der Waals surface area contributed by atoms with Crippen LogP contribution in [0.4, 0.5) is 5.69 Å². The van der Waals surface area contributed by atoms with Crippen LogP contribution in [0.25, 0.3) is 0 Å². The van der Waals surface area contributed by atoms with Crippen molar-refractivity contribution in [1.82, 2.24) is 4.90 Å². The molecular formula is C27H36N2O3. The zero-order chi connectivity index (χ0) is 22.9. The molecule has 2 heterocycles. The monoisotopic (exact) mass is 436 g/mol. The molecule has 2 aromatic carbocycles. The normalized spacial score (nSPS) is 19.6. The van der Waals surface area contributed by atoms with Crippen LogP contribution in [0.3, 0.4) is 0 Å². The highest BCUT2D eigenvalue weighted by Crippen LogP contribution is 2.35. The number of fused-ring (bicyclic) bond motifs is 1. The van der Waals surface area contributed by atoms with Crippen molar-refractivity contribution in [3.05, 3.63) is 64.7 Å². The van der Waals surface area contributed by atoms with Crippen LogP contribution in [0.1, 0.15) is 61.5 Å². The molecule has 5 heteroatoms. The maximum Gasteiger partial charge on any atom is 0.229 e. The van der Waals surface area contributed by atoms with E-state index in [0.29, 0.717) is 19.4 Å². The highest BCUT2D eigenvalue weighted by molar-refractivity contribution is 5.95. The predicted molar refractivity (Wildman–Crippen MR) is 128 cm³/mol. The maximum atomic E-state index is 12.6. The van der Waals surface area contributed by atoms with E-state index in [-0.39, 0.29) is 11.8 Å². The molecule has 0 radical (unpaired) electrons. The van der Waals surface area contributed by atoms with Crippen LogP contribution in [0.5, 0.6) is 0 Å². The lowest BCUT2D eigenvalue weighted by Gasteiger charge is -2.39. The first-order valence-corrected chi connectivity index (χ1v) is 11.9. The zero-order valence-corrected chi connectivity index (χ0v) is 19.6. The van der Waals surface area contributed by atoms with Gasteiger partial charge in [0, 0.05) is 37.8 Å². The van der Waals surface area contributed by atoms with E-state index in [1.54, 1.807) is 0 Å². The third-order valence-electron chi connectivity index (χ3n) is 7.04. The quantitative estimate of drug-likeness (QED) is 0.745.